The number of rotatable bonds is 2. The van der Waals surface area contributed by atoms with Crippen LogP contribution < -0.4 is 4.74 Å². The molecular formula is C12H8Cl3NO. The molecule has 2 aromatic rings. The van der Waals surface area contributed by atoms with E-state index in [2.05, 4.69) is 4.98 Å². The maximum atomic E-state index is 6.13. The van der Waals surface area contributed by atoms with Crippen LogP contribution in [-0.2, 0) is 0 Å². The van der Waals surface area contributed by atoms with Gasteiger partial charge in [-0.1, -0.05) is 34.8 Å². The highest BCUT2D eigenvalue weighted by Crippen LogP contribution is 2.39. The number of aromatic nitrogens is 1. The monoisotopic (exact) mass is 287 g/mol. The Morgan fingerprint density at radius 3 is 2.47 bits per heavy atom. The van der Waals surface area contributed by atoms with Gasteiger partial charge in [0.1, 0.15) is 10.8 Å². The highest BCUT2D eigenvalue weighted by molar-refractivity contribution is 6.36. The van der Waals surface area contributed by atoms with Gasteiger partial charge in [0.25, 0.3) is 0 Å². The summed E-state index contributed by atoms with van der Waals surface area (Å²) in [6.07, 6.45) is 3.16. The van der Waals surface area contributed by atoms with Crippen LogP contribution in [0.15, 0.2) is 30.6 Å². The van der Waals surface area contributed by atoms with Gasteiger partial charge < -0.3 is 4.74 Å². The molecule has 0 aliphatic carbocycles. The SMILES string of the molecule is COc1c(Cl)cncc1-c1cc(Cl)ccc1Cl. The van der Waals surface area contributed by atoms with Gasteiger partial charge in [-0.05, 0) is 18.2 Å². The van der Waals surface area contributed by atoms with Crippen LogP contribution in [0.5, 0.6) is 5.75 Å². The first-order valence-corrected chi connectivity index (χ1v) is 5.89. The van der Waals surface area contributed by atoms with Crippen molar-refractivity contribution in [3.05, 3.63) is 45.7 Å². The highest BCUT2D eigenvalue weighted by atomic mass is 35.5. The summed E-state index contributed by atoms with van der Waals surface area (Å²) in [5.41, 5.74) is 1.46. The second-order valence-electron chi connectivity index (χ2n) is 3.33. The van der Waals surface area contributed by atoms with Crippen molar-refractivity contribution in [1.29, 1.82) is 0 Å². The standard InChI is InChI=1S/C12H8Cl3NO/c1-17-12-9(5-16-6-11(12)15)8-4-7(13)2-3-10(8)14/h2-6H,1H3. The molecule has 0 amide bonds. The molecule has 0 bridgehead atoms. The Bertz CT molecular complexity index is 557. The molecule has 0 unspecified atom stereocenters. The predicted molar refractivity (Wildman–Crippen MR) is 71.3 cm³/mol. The smallest absolute Gasteiger partial charge is 0.148 e. The Morgan fingerprint density at radius 1 is 1.00 bits per heavy atom. The lowest BCUT2D eigenvalue weighted by molar-refractivity contribution is 0.416. The summed E-state index contributed by atoms with van der Waals surface area (Å²) >= 11 is 18.1. The van der Waals surface area contributed by atoms with Gasteiger partial charge in [-0.3, -0.25) is 4.98 Å². The molecule has 0 saturated heterocycles. The number of benzene rings is 1. The van der Waals surface area contributed by atoms with Gasteiger partial charge in [0.15, 0.2) is 0 Å². The zero-order valence-electron chi connectivity index (χ0n) is 8.88. The van der Waals surface area contributed by atoms with Gasteiger partial charge in [0, 0.05) is 33.6 Å². The molecule has 0 N–H and O–H groups in total. The van der Waals surface area contributed by atoms with Gasteiger partial charge in [-0.25, -0.2) is 0 Å². The third kappa shape index (κ3) is 2.49. The fourth-order valence-electron chi connectivity index (χ4n) is 1.53. The van der Waals surface area contributed by atoms with Gasteiger partial charge in [-0.2, -0.15) is 0 Å². The quantitative estimate of drug-likeness (QED) is 0.798. The Hall–Kier alpha value is -0.960. The number of pyridine rings is 1. The summed E-state index contributed by atoms with van der Waals surface area (Å²) in [6.45, 7) is 0. The first-order valence-electron chi connectivity index (χ1n) is 4.76. The summed E-state index contributed by atoms with van der Waals surface area (Å²) < 4.78 is 5.25. The van der Waals surface area contributed by atoms with E-state index in [1.807, 2.05) is 0 Å². The van der Waals surface area contributed by atoms with Crippen LogP contribution in [0.25, 0.3) is 11.1 Å². The van der Waals surface area contributed by atoms with Crippen LogP contribution in [0.3, 0.4) is 0 Å². The lowest BCUT2D eigenvalue weighted by Crippen LogP contribution is -1.91. The Balaban J connectivity index is 2.68. The maximum absolute atomic E-state index is 6.13. The molecule has 2 rings (SSSR count). The van der Waals surface area contributed by atoms with Crippen LogP contribution in [0.4, 0.5) is 0 Å². The number of halogens is 3. The van der Waals surface area contributed by atoms with Crippen molar-refractivity contribution in [1.82, 2.24) is 4.98 Å². The van der Waals surface area contributed by atoms with E-state index in [0.717, 1.165) is 5.56 Å². The topological polar surface area (TPSA) is 22.1 Å². The second kappa shape index (κ2) is 5.13. The van der Waals surface area contributed by atoms with Crippen molar-refractivity contribution in [3.8, 4) is 16.9 Å². The molecule has 0 radical (unpaired) electrons. The molecule has 2 nitrogen and oxygen atoms in total. The lowest BCUT2D eigenvalue weighted by atomic mass is 10.1. The summed E-state index contributed by atoms with van der Waals surface area (Å²) in [7, 11) is 1.54. The molecule has 0 aliphatic rings. The van der Waals surface area contributed by atoms with E-state index in [0.29, 0.717) is 26.4 Å². The molecule has 0 atom stereocenters. The summed E-state index contributed by atoms with van der Waals surface area (Å²) in [4.78, 5) is 4.03. The van der Waals surface area contributed by atoms with E-state index in [1.54, 1.807) is 31.5 Å². The largest absolute Gasteiger partial charge is 0.494 e. The van der Waals surface area contributed by atoms with E-state index in [-0.39, 0.29) is 0 Å². The third-order valence-electron chi connectivity index (χ3n) is 2.28. The van der Waals surface area contributed by atoms with Gasteiger partial charge >= 0.3 is 0 Å². The van der Waals surface area contributed by atoms with Crippen molar-refractivity contribution in [3.63, 3.8) is 0 Å². The molecular weight excluding hydrogens is 280 g/mol. The average Bonchev–Trinajstić information content (AvgIpc) is 2.32. The molecule has 0 spiro atoms. The number of nitrogens with zero attached hydrogens (tertiary/aromatic N) is 1. The zero-order valence-corrected chi connectivity index (χ0v) is 11.1. The van der Waals surface area contributed by atoms with E-state index >= 15 is 0 Å². The van der Waals surface area contributed by atoms with Crippen molar-refractivity contribution < 1.29 is 4.74 Å². The minimum absolute atomic E-state index is 0.432. The maximum Gasteiger partial charge on any atom is 0.148 e. The predicted octanol–water partition coefficient (Wildman–Crippen LogP) is 4.72. The molecule has 1 aromatic heterocycles. The Labute approximate surface area is 114 Å². The summed E-state index contributed by atoms with van der Waals surface area (Å²) in [6, 6.07) is 5.19. The van der Waals surface area contributed by atoms with Crippen LogP contribution in [0.1, 0.15) is 0 Å². The zero-order chi connectivity index (χ0) is 12.4. The Morgan fingerprint density at radius 2 is 1.76 bits per heavy atom. The van der Waals surface area contributed by atoms with Crippen LogP contribution >= 0.6 is 34.8 Å². The summed E-state index contributed by atoms with van der Waals surface area (Å²) in [5, 5.41) is 1.59. The fraction of sp³-hybridized carbons (Fsp3) is 0.0833. The van der Waals surface area contributed by atoms with Gasteiger partial charge in [0.05, 0.1) is 7.11 Å². The minimum Gasteiger partial charge on any atom is -0.494 e. The van der Waals surface area contributed by atoms with E-state index in [9.17, 15) is 0 Å². The number of ether oxygens (including phenoxy) is 1. The average molecular weight is 289 g/mol. The minimum atomic E-state index is 0.432. The molecule has 88 valence electrons. The highest BCUT2D eigenvalue weighted by Gasteiger charge is 2.13. The van der Waals surface area contributed by atoms with E-state index in [1.165, 1.54) is 6.20 Å². The fourth-order valence-corrected chi connectivity index (χ4v) is 2.15. The van der Waals surface area contributed by atoms with E-state index in [4.69, 9.17) is 39.5 Å². The third-order valence-corrected chi connectivity index (χ3v) is 3.11. The number of hydrogen-bond donors (Lipinski definition) is 0. The van der Waals surface area contributed by atoms with Gasteiger partial charge in [-0.15, -0.1) is 0 Å². The molecule has 0 aliphatic heterocycles. The number of hydrogen-bond acceptors (Lipinski definition) is 2. The summed E-state index contributed by atoms with van der Waals surface area (Å²) in [5.74, 6) is 0.533. The van der Waals surface area contributed by atoms with Crippen molar-refractivity contribution >= 4 is 34.8 Å². The molecule has 0 fully saturated rings. The molecule has 1 aromatic carbocycles. The van der Waals surface area contributed by atoms with Crippen molar-refractivity contribution in [2.24, 2.45) is 0 Å². The Kier molecular flexibility index (Phi) is 3.77. The first kappa shape index (κ1) is 12.5. The van der Waals surface area contributed by atoms with Crippen LogP contribution in [-0.4, -0.2) is 12.1 Å². The van der Waals surface area contributed by atoms with E-state index < -0.39 is 0 Å². The lowest BCUT2D eigenvalue weighted by Gasteiger charge is -2.11. The van der Waals surface area contributed by atoms with Crippen molar-refractivity contribution in [2.45, 2.75) is 0 Å². The molecule has 0 saturated carbocycles. The van der Waals surface area contributed by atoms with Crippen LogP contribution in [0.2, 0.25) is 15.1 Å². The molecule has 17 heavy (non-hydrogen) atoms. The normalized spacial score (nSPS) is 10.4. The molecule has 1 heterocycles. The molecule has 5 heteroatoms. The second-order valence-corrected chi connectivity index (χ2v) is 4.58. The number of methoxy groups -OCH3 is 1. The van der Waals surface area contributed by atoms with Crippen molar-refractivity contribution in [2.75, 3.05) is 7.11 Å². The first-order chi connectivity index (χ1) is 8.13. The van der Waals surface area contributed by atoms with Gasteiger partial charge in [0.2, 0.25) is 0 Å². The van der Waals surface area contributed by atoms with Crippen LogP contribution in [0, 0.1) is 0 Å².